The van der Waals surface area contributed by atoms with Crippen molar-refractivity contribution in [2.75, 3.05) is 16.2 Å². The molecule has 0 aliphatic carbocycles. The Kier molecular flexibility index (Phi) is 1.53. The van der Waals surface area contributed by atoms with Gasteiger partial charge in [-0.2, -0.15) is 0 Å². The van der Waals surface area contributed by atoms with Crippen LogP contribution < -0.4 is 16.2 Å². The lowest BCUT2D eigenvalue weighted by Gasteiger charge is -2.26. The second-order valence-corrected chi connectivity index (χ2v) is 3.22. The van der Waals surface area contributed by atoms with Crippen LogP contribution in [-0.4, -0.2) is 9.85 Å². The Labute approximate surface area is 91.6 Å². The van der Waals surface area contributed by atoms with E-state index in [0.717, 1.165) is 16.5 Å². The third kappa shape index (κ3) is 1.00. The molecule has 3 aliphatic heterocycles. The zero-order chi connectivity index (χ0) is 12.3. The van der Waals surface area contributed by atoms with Gasteiger partial charge in [0.15, 0.2) is 5.69 Å². The van der Waals surface area contributed by atoms with Crippen molar-refractivity contribution in [1.29, 1.82) is 0 Å². The van der Waals surface area contributed by atoms with Crippen LogP contribution in [0.2, 0.25) is 0 Å². The summed E-state index contributed by atoms with van der Waals surface area (Å²) in [4.78, 5) is 29.4. The van der Waals surface area contributed by atoms with E-state index in [0.29, 0.717) is 0 Å². The van der Waals surface area contributed by atoms with Crippen molar-refractivity contribution in [2.45, 2.75) is 0 Å². The van der Waals surface area contributed by atoms with Gasteiger partial charge in [0.2, 0.25) is 5.69 Å². The first kappa shape index (κ1) is 9.56. The van der Waals surface area contributed by atoms with E-state index in [4.69, 9.17) is 15.6 Å². The minimum atomic E-state index is -0.811. The lowest BCUT2D eigenvalue weighted by Crippen LogP contribution is -2.43. The normalized spacial score (nSPS) is 15.5. The summed E-state index contributed by atoms with van der Waals surface area (Å²) in [6.07, 6.45) is 0. The van der Waals surface area contributed by atoms with Gasteiger partial charge >= 0.3 is 11.4 Å². The van der Waals surface area contributed by atoms with Crippen molar-refractivity contribution in [3.63, 3.8) is 0 Å². The third-order valence-corrected chi connectivity index (χ3v) is 2.33. The zero-order valence-electron chi connectivity index (χ0n) is 7.89. The van der Waals surface area contributed by atoms with E-state index >= 15 is 0 Å². The highest BCUT2D eigenvalue weighted by atomic mass is 17.3. The first-order valence-corrected chi connectivity index (χ1v) is 4.22. The van der Waals surface area contributed by atoms with Crippen molar-refractivity contribution in [3.05, 3.63) is 26.3 Å². The summed E-state index contributed by atoms with van der Waals surface area (Å²) in [6.45, 7) is 0. The lowest BCUT2D eigenvalue weighted by atomic mass is 10.2. The molecule has 0 unspecified atom stereocenters. The molecule has 0 spiro atoms. The Morgan fingerprint density at radius 3 is 2.12 bits per heavy atom. The zero-order valence-corrected chi connectivity index (χ0v) is 7.89. The molecule has 1 saturated heterocycles. The summed E-state index contributed by atoms with van der Waals surface area (Å²) in [5, 5.41) is 23.0. The van der Waals surface area contributed by atoms with Gasteiger partial charge in [-0.05, 0) is 0 Å². The van der Waals surface area contributed by atoms with Crippen LogP contribution in [-0.2, 0) is 9.88 Å². The highest BCUT2D eigenvalue weighted by Gasteiger charge is 2.51. The molecule has 11 heteroatoms. The summed E-state index contributed by atoms with van der Waals surface area (Å²) >= 11 is 0. The molecule has 0 atom stereocenters. The summed E-state index contributed by atoms with van der Waals surface area (Å²) in [5.74, 6) is 0. The number of nitrogen functional groups attached to an aromatic ring is 1. The first-order valence-electron chi connectivity index (χ1n) is 4.22. The highest BCUT2D eigenvalue weighted by molar-refractivity contribution is 5.95. The second-order valence-electron chi connectivity index (χ2n) is 3.22. The van der Waals surface area contributed by atoms with Crippen LogP contribution >= 0.6 is 0 Å². The SMILES string of the molecule is Nc1c([N+](=O)[O-])cc([N+](=O)[O-])c2c1N1ON2O1. The van der Waals surface area contributed by atoms with Crippen LogP contribution in [0.25, 0.3) is 0 Å². The molecule has 2 bridgehead atoms. The third-order valence-electron chi connectivity index (χ3n) is 2.33. The topological polar surface area (TPSA) is 137 Å². The standard InChI is InChI=1S/C6H3N5O6/c7-4-2(8(12)13)1-3(9(14)15)5-6(4)11-16-10(5)17-11/h1H,7H2. The van der Waals surface area contributed by atoms with Gasteiger partial charge < -0.3 is 5.73 Å². The van der Waals surface area contributed by atoms with Crippen molar-refractivity contribution in [2.24, 2.45) is 0 Å². The smallest absolute Gasteiger partial charge is 0.307 e. The predicted molar refractivity (Wildman–Crippen MR) is 51.3 cm³/mol. The van der Waals surface area contributed by atoms with Gasteiger partial charge in [-0.25, -0.2) is 0 Å². The number of hydrogen-bond acceptors (Lipinski definition) is 9. The van der Waals surface area contributed by atoms with E-state index in [9.17, 15) is 20.2 Å². The molecular formula is C6H3N5O6. The molecule has 4 rings (SSSR count). The fraction of sp³-hybridized carbons (Fsp3) is 0. The van der Waals surface area contributed by atoms with E-state index in [1.54, 1.807) is 0 Å². The minimum absolute atomic E-state index is 0.0362. The van der Waals surface area contributed by atoms with Crippen LogP contribution in [0.1, 0.15) is 0 Å². The maximum Gasteiger partial charge on any atom is 0.307 e. The Bertz CT molecular complexity index is 567. The molecule has 2 N–H and O–H groups in total. The van der Waals surface area contributed by atoms with Crippen LogP contribution in [0, 0.1) is 20.2 Å². The number of nitro groups is 2. The van der Waals surface area contributed by atoms with Crippen molar-refractivity contribution in [1.82, 2.24) is 0 Å². The molecule has 3 heterocycles. The van der Waals surface area contributed by atoms with Crippen LogP contribution in [0.3, 0.4) is 0 Å². The fourth-order valence-corrected chi connectivity index (χ4v) is 1.60. The van der Waals surface area contributed by atoms with Crippen LogP contribution in [0.5, 0.6) is 0 Å². The van der Waals surface area contributed by atoms with Gasteiger partial charge in [0, 0.05) is 0 Å². The maximum atomic E-state index is 10.8. The molecule has 3 aliphatic rings. The summed E-state index contributed by atoms with van der Waals surface area (Å²) < 4.78 is 0. The molecule has 17 heavy (non-hydrogen) atoms. The van der Waals surface area contributed by atoms with Crippen molar-refractivity contribution < 1.29 is 19.7 Å². The summed E-state index contributed by atoms with van der Waals surface area (Å²) in [5.41, 5.74) is 4.10. The number of benzene rings is 1. The molecule has 11 nitrogen and oxygen atoms in total. The predicted octanol–water partition coefficient (Wildman–Crippen LogP) is 0.418. The van der Waals surface area contributed by atoms with E-state index in [1.807, 2.05) is 0 Å². The number of rotatable bonds is 2. The van der Waals surface area contributed by atoms with Crippen LogP contribution in [0.15, 0.2) is 6.07 Å². The van der Waals surface area contributed by atoms with Crippen molar-refractivity contribution >= 4 is 28.4 Å². The average Bonchev–Trinajstić information content (AvgIpc) is 2.70. The Morgan fingerprint density at radius 2 is 1.59 bits per heavy atom. The minimum Gasteiger partial charge on any atom is -0.391 e. The van der Waals surface area contributed by atoms with E-state index in [2.05, 4.69) is 0 Å². The second kappa shape index (κ2) is 2.72. The molecule has 0 saturated carbocycles. The largest absolute Gasteiger partial charge is 0.391 e. The Balaban J connectivity index is 2.32. The Hall–Kier alpha value is -2.66. The quantitative estimate of drug-likeness (QED) is 0.443. The Morgan fingerprint density at radius 1 is 1.06 bits per heavy atom. The highest BCUT2D eigenvalue weighted by Crippen LogP contribution is 2.55. The van der Waals surface area contributed by atoms with Gasteiger partial charge in [-0.1, -0.05) is 20.3 Å². The van der Waals surface area contributed by atoms with Gasteiger partial charge in [-0.3, -0.25) is 20.2 Å². The molecule has 1 aromatic carbocycles. The number of anilines is 3. The number of nitrogens with zero attached hydrogens (tertiary/aromatic N) is 4. The summed E-state index contributed by atoms with van der Waals surface area (Å²) in [7, 11) is 0. The van der Waals surface area contributed by atoms with Crippen molar-refractivity contribution in [3.8, 4) is 0 Å². The molecule has 1 fully saturated rings. The lowest BCUT2D eigenvalue weighted by molar-refractivity contribution is -0.393. The monoisotopic (exact) mass is 241 g/mol. The molecule has 0 amide bonds. The molecule has 1 aromatic rings. The molecular weight excluding hydrogens is 238 g/mol. The number of nitro benzene ring substituents is 2. The average molecular weight is 241 g/mol. The van der Waals surface area contributed by atoms with Crippen LogP contribution in [0.4, 0.5) is 28.4 Å². The first-order chi connectivity index (χ1) is 8.00. The number of nitrogens with two attached hydrogens (primary N) is 1. The molecule has 0 aromatic heterocycles. The van der Waals surface area contributed by atoms with E-state index in [-0.39, 0.29) is 17.1 Å². The molecule has 88 valence electrons. The van der Waals surface area contributed by atoms with Gasteiger partial charge in [0.1, 0.15) is 5.69 Å². The molecule has 0 radical (unpaired) electrons. The fourth-order valence-electron chi connectivity index (χ4n) is 1.60. The van der Waals surface area contributed by atoms with E-state index in [1.165, 1.54) is 0 Å². The van der Waals surface area contributed by atoms with Gasteiger partial charge in [0.05, 0.1) is 15.9 Å². The maximum absolute atomic E-state index is 10.8. The van der Waals surface area contributed by atoms with Gasteiger partial charge in [0.25, 0.3) is 0 Å². The summed E-state index contributed by atoms with van der Waals surface area (Å²) in [6, 6.07) is 0.767. The number of hydrogen-bond donors (Lipinski definition) is 1. The van der Waals surface area contributed by atoms with Gasteiger partial charge in [-0.15, -0.1) is 0 Å². The van der Waals surface area contributed by atoms with E-state index < -0.39 is 21.2 Å².